The summed E-state index contributed by atoms with van der Waals surface area (Å²) in [7, 11) is -3.49. The number of nitrogens with one attached hydrogen (secondary N) is 1. The van der Waals surface area contributed by atoms with Crippen LogP contribution in [0, 0.1) is 13.8 Å². The fourth-order valence-corrected chi connectivity index (χ4v) is 3.64. The van der Waals surface area contributed by atoms with E-state index < -0.39 is 10.0 Å². The first kappa shape index (κ1) is 14.9. The summed E-state index contributed by atoms with van der Waals surface area (Å²) in [6, 6.07) is 12.6. The maximum atomic E-state index is 12.3. The zero-order chi connectivity index (χ0) is 14.8. The molecule has 3 nitrogen and oxygen atoms in total. The molecule has 0 heterocycles. The van der Waals surface area contributed by atoms with E-state index in [2.05, 4.69) is 4.72 Å². The number of hydrogen-bond acceptors (Lipinski definition) is 2. The number of hydrogen-bond donors (Lipinski definition) is 1. The van der Waals surface area contributed by atoms with Crippen LogP contribution in [0.2, 0.25) is 5.02 Å². The van der Waals surface area contributed by atoms with Crippen LogP contribution in [0.5, 0.6) is 0 Å². The molecule has 2 aromatic carbocycles. The van der Waals surface area contributed by atoms with Crippen molar-refractivity contribution in [3.05, 3.63) is 64.2 Å². The SMILES string of the molecule is Cc1cccc(C)c1NS(=O)(=O)Cc1ccccc1Cl. The van der Waals surface area contributed by atoms with Crippen LogP contribution in [0.15, 0.2) is 42.5 Å². The Labute approximate surface area is 124 Å². The van der Waals surface area contributed by atoms with Crippen LogP contribution >= 0.6 is 11.6 Å². The van der Waals surface area contributed by atoms with Crippen LogP contribution in [-0.4, -0.2) is 8.42 Å². The second kappa shape index (κ2) is 5.85. The van der Waals surface area contributed by atoms with Crippen molar-refractivity contribution >= 4 is 27.3 Å². The van der Waals surface area contributed by atoms with Gasteiger partial charge in [0.15, 0.2) is 0 Å². The van der Waals surface area contributed by atoms with Gasteiger partial charge in [-0.1, -0.05) is 48.0 Å². The number of halogens is 1. The van der Waals surface area contributed by atoms with Crippen LogP contribution in [0.4, 0.5) is 5.69 Å². The van der Waals surface area contributed by atoms with E-state index in [1.165, 1.54) is 0 Å². The molecule has 5 heteroatoms. The Balaban J connectivity index is 2.27. The van der Waals surface area contributed by atoms with Crippen molar-refractivity contribution in [2.24, 2.45) is 0 Å². The Morgan fingerprint density at radius 1 is 1.00 bits per heavy atom. The summed E-state index contributed by atoms with van der Waals surface area (Å²) in [6.45, 7) is 3.75. The third kappa shape index (κ3) is 3.52. The predicted octanol–water partition coefficient (Wildman–Crippen LogP) is 3.90. The van der Waals surface area contributed by atoms with Crippen molar-refractivity contribution in [3.8, 4) is 0 Å². The molecule has 0 atom stereocenters. The summed E-state index contributed by atoms with van der Waals surface area (Å²) in [5.74, 6) is -0.138. The molecule has 20 heavy (non-hydrogen) atoms. The molecule has 1 N–H and O–H groups in total. The van der Waals surface area contributed by atoms with E-state index in [4.69, 9.17) is 11.6 Å². The monoisotopic (exact) mass is 309 g/mol. The number of rotatable bonds is 4. The number of anilines is 1. The quantitative estimate of drug-likeness (QED) is 0.931. The smallest absolute Gasteiger partial charge is 0.236 e. The molecule has 0 saturated carbocycles. The summed E-state index contributed by atoms with van der Waals surface area (Å²) >= 11 is 6.00. The molecule has 0 fully saturated rings. The Kier molecular flexibility index (Phi) is 4.35. The van der Waals surface area contributed by atoms with E-state index in [9.17, 15) is 8.42 Å². The molecule has 0 aliphatic rings. The number of para-hydroxylation sites is 1. The van der Waals surface area contributed by atoms with E-state index in [0.29, 0.717) is 16.3 Å². The normalized spacial score (nSPS) is 11.3. The van der Waals surface area contributed by atoms with Gasteiger partial charge in [-0.2, -0.15) is 0 Å². The summed E-state index contributed by atoms with van der Waals surface area (Å²) < 4.78 is 27.2. The first-order valence-corrected chi connectivity index (χ1v) is 8.22. The Morgan fingerprint density at radius 2 is 1.60 bits per heavy atom. The molecule has 0 spiro atoms. The average molecular weight is 310 g/mol. The van der Waals surface area contributed by atoms with Gasteiger partial charge in [0.25, 0.3) is 0 Å². The molecule has 106 valence electrons. The summed E-state index contributed by atoms with van der Waals surface area (Å²) in [5.41, 5.74) is 3.02. The lowest BCUT2D eigenvalue weighted by atomic mass is 10.1. The van der Waals surface area contributed by atoms with Crippen molar-refractivity contribution < 1.29 is 8.42 Å². The van der Waals surface area contributed by atoms with Crippen molar-refractivity contribution in [3.63, 3.8) is 0 Å². The lowest BCUT2D eigenvalue weighted by molar-refractivity contribution is 0.600. The molecule has 2 aromatic rings. The largest absolute Gasteiger partial charge is 0.283 e. The third-order valence-electron chi connectivity index (χ3n) is 3.04. The first-order valence-electron chi connectivity index (χ1n) is 6.19. The van der Waals surface area contributed by atoms with E-state index in [1.54, 1.807) is 24.3 Å². The molecule has 0 aliphatic carbocycles. The Hall–Kier alpha value is -1.52. The summed E-state index contributed by atoms with van der Waals surface area (Å²) in [6.07, 6.45) is 0. The van der Waals surface area contributed by atoms with Gasteiger partial charge in [-0.05, 0) is 36.6 Å². The molecule has 0 saturated heterocycles. The topological polar surface area (TPSA) is 46.2 Å². The van der Waals surface area contributed by atoms with Gasteiger partial charge in [0.1, 0.15) is 0 Å². The third-order valence-corrected chi connectivity index (χ3v) is 4.62. The van der Waals surface area contributed by atoms with Gasteiger partial charge in [0.05, 0.1) is 11.4 Å². The van der Waals surface area contributed by atoms with Gasteiger partial charge in [0.2, 0.25) is 10.0 Å². The van der Waals surface area contributed by atoms with Gasteiger partial charge < -0.3 is 0 Å². The van der Waals surface area contributed by atoms with E-state index in [1.807, 2.05) is 32.0 Å². The van der Waals surface area contributed by atoms with Crippen molar-refractivity contribution in [1.29, 1.82) is 0 Å². The molecule has 0 aromatic heterocycles. The van der Waals surface area contributed by atoms with Gasteiger partial charge in [-0.25, -0.2) is 8.42 Å². The number of benzene rings is 2. The highest BCUT2D eigenvalue weighted by Gasteiger charge is 2.15. The molecular weight excluding hydrogens is 294 g/mol. The van der Waals surface area contributed by atoms with Gasteiger partial charge in [-0.15, -0.1) is 0 Å². The van der Waals surface area contributed by atoms with Crippen LogP contribution in [0.25, 0.3) is 0 Å². The minimum atomic E-state index is -3.49. The second-order valence-electron chi connectivity index (χ2n) is 4.72. The van der Waals surface area contributed by atoms with Gasteiger partial charge >= 0.3 is 0 Å². The highest BCUT2D eigenvalue weighted by atomic mass is 35.5. The summed E-state index contributed by atoms with van der Waals surface area (Å²) in [4.78, 5) is 0. The molecule has 0 bridgehead atoms. The maximum absolute atomic E-state index is 12.3. The maximum Gasteiger partial charge on any atom is 0.236 e. The minimum absolute atomic E-state index is 0.138. The first-order chi connectivity index (χ1) is 9.39. The van der Waals surface area contributed by atoms with Crippen molar-refractivity contribution in [2.45, 2.75) is 19.6 Å². The van der Waals surface area contributed by atoms with Crippen molar-refractivity contribution in [2.75, 3.05) is 4.72 Å². The standard InChI is InChI=1S/C15H16ClNO2S/c1-11-6-5-7-12(2)15(11)17-20(18,19)10-13-8-3-4-9-14(13)16/h3-9,17H,10H2,1-2H3. The average Bonchev–Trinajstić information content (AvgIpc) is 2.37. The highest BCUT2D eigenvalue weighted by molar-refractivity contribution is 7.91. The molecular formula is C15H16ClNO2S. The fourth-order valence-electron chi connectivity index (χ4n) is 1.99. The van der Waals surface area contributed by atoms with Crippen LogP contribution < -0.4 is 4.72 Å². The van der Waals surface area contributed by atoms with Gasteiger partial charge in [0, 0.05) is 5.02 Å². The molecule has 0 amide bonds. The lowest BCUT2D eigenvalue weighted by Gasteiger charge is -2.13. The molecule has 0 unspecified atom stereocenters. The molecule has 0 radical (unpaired) electrons. The van der Waals surface area contributed by atoms with Crippen molar-refractivity contribution in [1.82, 2.24) is 0 Å². The Morgan fingerprint density at radius 3 is 2.20 bits per heavy atom. The predicted molar refractivity (Wildman–Crippen MR) is 83.6 cm³/mol. The zero-order valence-electron chi connectivity index (χ0n) is 11.4. The highest BCUT2D eigenvalue weighted by Crippen LogP contribution is 2.23. The second-order valence-corrected chi connectivity index (χ2v) is 6.85. The van der Waals surface area contributed by atoms with Crippen LogP contribution in [-0.2, 0) is 15.8 Å². The molecule has 0 aliphatic heterocycles. The lowest BCUT2D eigenvalue weighted by Crippen LogP contribution is -2.16. The van der Waals surface area contributed by atoms with Gasteiger partial charge in [-0.3, -0.25) is 4.72 Å². The van der Waals surface area contributed by atoms with Crippen LogP contribution in [0.3, 0.4) is 0 Å². The zero-order valence-corrected chi connectivity index (χ0v) is 12.9. The molecule has 2 rings (SSSR count). The number of aryl methyl sites for hydroxylation is 2. The van der Waals surface area contributed by atoms with E-state index in [0.717, 1.165) is 11.1 Å². The minimum Gasteiger partial charge on any atom is -0.283 e. The fraction of sp³-hybridized carbons (Fsp3) is 0.200. The van der Waals surface area contributed by atoms with E-state index in [-0.39, 0.29) is 5.75 Å². The van der Waals surface area contributed by atoms with E-state index >= 15 is 0 Å². The number of sulfonamides is 1. The van der Waals surface area contributed by atoms with Crippen LogP contribution in [0.1, 0.15) is 16.7 Å². The summed E-state index contributed by atoms with van der Waals surface area (Å²) in [5, 5.41) is 0.458. The Bertz CT molecular complexity index is 706.